The highest BCUT2D eigenvalue weighted by molar-refractivity contribution is 7.84. The first kappa shape index (κ1) is 13.3. The van der Waals surface area contributed by atoms with Crippen LogP contribution in [0, 0.1) is 10.1 Å². The summed E-state index contributed by atoms with van der Waals surface area (Å²) in [6, 6.07) is 2.70. The fraction of sp³-hybridized carbons (Fsp3) is 0.375. The van der Waals surface area contributed by atoms with E-state index >= 15 is 0 Å². The van der Waals surface area contributed by atoms with Gasteiger partial charge in [0, 0.05) is 35.4 Å². The summed E-state index contributed by atoms with van der Waals surface area (Å²) in [5.41, 5.74) is 2.15. The van der Waals surface area contributed by atoms with Gasteiger partial charge in [-0.05, 0) is 6.07 Å². The first-order valence-electron chi connectivity index (χ1n) is 4.70. The fourth-order valence-electron chi connectivity index (χ4n) is 1.12. The van der Waals surface area contributed by atoms with Crippen molar-refractivity contribution in [2.75, 3.05) is 29.3 Å². The van der Waals surface area contributed by atoms with Gasteiger partial charge in [0.2, 0.25) is 5.82 Å². The van der Waals surface area contributed by atoms with Gasteiger partial charge >= 0.3 is 5.69 Å². The number of nitro groups is 1. The lowest BCUT2D eigenvalue weighted by molar-refractivity contribution is -0.384. The molecule has 94 valence electrons. The predicted octanol–water partition coefficient (Wildman–Crippen LogP) is 0.0658. The zero-order valence-electron chi connectivity index (χ0n) is 9.17. The van der Waals surface area contributed by atoms with Crippen molar-refractivity contribution >= 4 is 28.1 Å². The van der Waals surface area contributed by atoms with Gasteiger partial charge in [-0.25, -0.2) is 10.8 Å². The molecule has 0 saturated heterocycles. The molecule has 0 fully saturated rings. The van der Waals surface area contributed by atoms with Crippen LogP contribution in [0.15, 0.2) is 12.1 Å². The number of anilines is 2. The average Bonchev–Trinajstić information content (AvgIpc) is 2.28. The van der Waals surface area contributed by atoms with E-state index in [1.165, 1.54) is 12.1 Å². The molecule has 17 heavy (non-hydrogen) atoms. The highest BCUT2D eigenvalue weighted by Crippen LogP contribution is 2.23. The summed E-state index contributed by atoms with van der Waals surface area (Å²) in [6.45, 7) is 0.338. The van der Waals surface area contributed by atoms with Gasteiger partial charge in [-0.1, -0.05) is 0 Å². The van der Waals surface area contributed by atoms with E-state index < -0.39 is 15.7 Å². The second-order valence-electron chi connectivity index (χ2n) is 3.17. The summed E-state index contributed by atoms with van der Waals surface area (Å²) >= 11 is 0. The second-order valence-corrected chi connectivity index (χ2v) is 4.72. The zero-order valence-corrected chi connectivity index (χ0v) is 9.99. The summed E-state index contributed by atoms with van der Waals surface area (Å²) < 4.78 is 10.9. The van der Waals surface area contributed by atoms with Gasteiger partial charge < -0.3 is 10.7 Å². The van der Waals surface area contributed by atoms with Crippen LogP contribution in [0.5, 0.6) is 0 Å². The lowest BCUT2D eigenvalue weighted by atomic mass is 10.3. The molecule has 1 rings (SSSR count). The van der Waals surface area contributed by atoms with Crippen molar-refractivity contribution in [3.63, 3.8) is 0 Å². The Morgan fingerprint density at radius 3 is 2.82 bits per heavy atom. The summed E-state index contributed by atoms with van der Waals surface area (Å²) in [7, 11) is -0.964. The molecule has 8 nitrogen and oxygen atoms in total. The SMILES string of the molecule is CS(=O)CCNc1nc(NN)ccc1[N+](=O)[O-]. The van der Waals surface area contributed by atoms with E-state index in [-0.39, 0.29) is 11.5 Å². The number of nitrogens with zero attached hydrogens (tertiary/aromatic N) is 2. The van der Waals surface area contributed by atoms with Gasteiger partial charge in [0.1, 0.15) is 5.82 Å². The third kappa shape index (κ3) is 3.96. The number of nitrogens with two attached hydrogens (primary N) is 1. The van der Waals surface area contributed by atoms with Crippen LogP contribution in [0.3, 0.4) is 0 Å². The number of aromatic nitrogens is 1. The molecule has 0 spiro atoms. The van der Waals surface area contributed by atoms with Gasteiger partial charge in [0.25, 0.3) is 0 Å². The van der Waals surface area contributed by atoms with Crippen LogP contribution >= 0.6 is 0 Å². The molecule has 1 atom stereocenters. The minimum absolute atomic E-state index is 0.107. The van der Waals surface area contributed by atoms with Crippen molar-refractivity contribution in [1.82, 2.24) is 4.98 Å². The molecule has 0 aliphatic rings. The minimum Gasteiger partial charge on any atom is -0.363 e. The van der Waals surface area contributed by atoms with Gasteiger partial charge in [0.15, 0.2) is 0 Å². The van der Waals surface area contributed by atoms with Crippen LogP contribution in [0.4, 0.5) is 17.3 Å². The van der Waals surface area contributed by atoms with E-state index in [1.54, 1.807) is 6.26 Å². The second kappa shape index (κ2) is 6.11. The van der Waals surface area contributed by atoms with Crippen molar-refractivity contribution in [3.05, 3.63) is 22.2 Å². The smallest absolute Gasteiger partial charge is 0.311 e. The molecule has 9 heteroatoms. The monoisotopic (exact) mass is 259 g/mol. The lowest BCUT2D eigenvalue weighted by Gasteiger charge is -2.06. The Hall–Kier alpha value is -1.74. The highest BCUT2D eigenvalue weighted by Gasteiger charge is 2.15. The number of hydrazine groups is 1. The van der Waals surface area contributed by atoms with Crippen molar-refractivity contribution < 1.29 is 9.13 Å². The first-order chi connectivity index (χ1) is 8.04. The molecular weight excluding hydrogens is 246 g/mol. The van der Waals surface area contributed by atoms with Gasteiger partial charge in [-0.3, -0.25) is 14.3 Å². The van der Waals surface area contributed by atoms with Crippen molar-refractivity contribution in [2.24, 2.45) is 5.84 Å². The predicted molar refractivity (Wildman–Crippen MR) is 66.1 cm³/mol. The standard InChI is InChI=1S/C8H13N5O3S/c1-17(16)5-4-10-8-6(13(14)15)2-3-7(11-8)12-9/h2-3H,4-5,9H2,1H3,(H2,10,11,12). The Morgan fingerprint density at radius 2 is 2.29 bits per heavy atom. The van der Waals surface area contributed by atoms with Crippen LogP contribution in [-0.2, 0) is 10.8 Å². The van der Waals surface area contributed by atoms with Crippen LogP contribution < -0.4 is 16.6 Å². The number of pyridine rings is 1. The maximum atomic E-state index is 10.9. The maximum absolute atomic E-state index is 10.9. The van der Waals surface area contributed by atoms with E-state index in [0.717, 1.165) is 0 Å². The molecule has 1 heterocycles. The van der Waals surface area contributed by atoms with Crippen molar-refractivity contribution in [2.45, 2.75) is 0 Å². The number of nitrogens with one attached hydrogen (secondary N) is 2. The van der Waals surface area contributed by atoms with Crippen LogP contribution in [0.25, 0.3) is 0 Å². The lowest BCUT2D eigenvalue weighted by Crippen LogP contribution is -2.14. The number of hydrogen-bond acceptors (Lipinski definition) is 7. The Morgan fingerprint density at radius 1 is 1.59 bits per heavy atom. The summed E-state index contributed by atoms with van der Waals surface area (Å²) in [6.07, 6.45) is 1.56. The number of hydrogen-bond donors (Lipinski definition) is 3. The quantitative estimate of drug-likeness (QED) is 0.375. The van der Waals surface area contributed by atoms with Crippen LogP contribution in [-0.4, -0.2) is 32.7 Å². The zero-order chi connectivity index (χ0) is 12.8. The third-order valence-electron chi connectivity index (χ3n) is 1.90. The van der Waals surface area contributed by atoms with E-state index in [9.17, 15) is 14.3 Å². The van der Waals surface area contributed by atoms with E-state index in [1.807, 2.05) is 0 Å². The normalized spacial score (nSPS) is 11.9. The molecule has 0 radical (unpaired) electrons. The van der Waals surface area contributed by atoms with Crippen LogP contribution in [0.2, 0.25) is 0 Å². The van der Waals surface area contributed by atoms with Crippen molar-refractivity contribution in [1.29, 1.82) is 0 Å². The first-order valence-corrected chi connectivity index (χ1v) is 6.43. The largest absolute Gasteiger partial charge is 0.363 e. The van der Waals surface area contributed by atoms with E-state index in [4.69, 9.17) is 5.84 Å². The Bertz CT molecular complexity index is 439. The highest BCUT2D eigenvalue weighted by atomic mass is 32.2. The van der Waals surface area contributed by atoms with Crippen LogP contribution in [0.1, 0.15) is 0 Å². The van der Waals surface area contributed by atoms with Gasteiger partial charge in [0.05, 0.1) is 4.92 Å². The molecule has 4 N–H and O–H groups in total. The fourth-order valence-corrected chi connectivity index (χ4v) is 1.51. The molecule has 0 saturated carbocycles. The summed E-state index contributed by atoms with van der Waals surface area (Å²) in [5, 5.41) is 13.5. The van der Waals surface area contributed by atoms with E-state index in [0.29, 0.717) is 18.1 Å². The van der Waals surface area contributed by atoms with Crippen molar-refractivity contribution in [3.8, 4) is 0 Å². The Kier molecular flexibility index (Phi) is 4.79. The molecular formula is C8H13N5O3S. The molecule has 0 aliphatic heterocycles. The van der Waals surface area contributed by atoms with Gasteiger partial charge in [-0.2, -0.15) is 0 Å². The summed E-state index contributed by atoms with van der Waals surface area (Å²) in [4.78, 5) is 14.1. The molecule has 0 bridgehead atoms. The number of nitrogen functional groups attached to an aromatic ring is 1. The Labute approximate surface area is 100 Å². The molecule has 1 aromatic rings. The third-order valence-corrected chi connectivity index (χ3v) is 2.68. The maximum Gasteiger partial charge on any atom is 0.311 e. The minimum atomic E-state index is -0.964. The topological polar surface area (TPSA) is 123 Å². The Balaban J connectivity index is 2.85. The van der Waals surface area contributed by atoms with Gasteiger partial charge in [-0.15, -0.1) is 0 Å². The molecule has 1 unspecified atom stereocenters. The molecule has 1 aromatic heterocycles. The summed E-state index contributed by atoms with van der Waals surface area (Å²) in [5.74, 6) is 5.97. The molecule has 0 aliphatic carbocycles. The molecule has 0 aromatic carbocycles. The number of rotatable bonds is 6. The average molecular weight is 259 g/mol. The molecule has 0 amide bonds. The van der Waals surface area contributed by atoms with E-state index in [2.05, 4.69) is 15.7 Å².